The van der Waals surface area contributed by atoms with Gasteiger partial charge < -0.3 is 25.2 Å². The molecule has 0 saturated carbocycles. The molecule has 1 heterocycles. The summed E-state index contributed by atoms with van der Waals surface area (Å²) in [5, 5.41) is 16.3. The van der Waals surface area contributed by atoms with Crippen molar-refractivity contribution in [2.75, 3.05) is 20.8 Å². The first-order chi connectivity index (χ1) is 16.4. The van der Waals surface area contributed by atoms with E-state index in [1.165, 1.54) is 14.2 Å². The molecule has 1 unspecified atom stereocenters. The number of aliphatic carboxylic acids is 1. The topological polar surface area (TPSA) is 96.9 Å². The summed E-state index contributed by atoms with van der Waals surface area (Å²) in [4.78, 5) is 25.8. The maximum Gasteiger partial charge on any atom is 0.334 e. The van der Waals surface area contributed by atoms with Crippen molar-refractivity contribution in [2.45, 2.75) is 19.1 Å². The third-order valence-corrected chi connectivity index (χ3v) is 5.64. The summed E-state index contributed by atoms with van der Waals surface area (Å²) >= 11 is 6.21. The first kappa shape index (κ1) is 25.2. The molecule has 34 heavy (non-hydrogen) atoms. The average Bonchev–Trinajstić information content (AvgIpc) is 2.82. The fraction of sp³-hybridized carbons (Fsp3) is 0.231. The molecule has 1 atom stereocenters. The van der Waals surface area contributed by atoms with Gasteiger partial charge in [0.25, 0.3) is 0 Å². The smallest absolute Gasteiger partial charge is 0.334 e. The van der Waals surface area contributed by atoms with Gasteiger partial charge in [-0.05, 0) is 30.2 Å². The van der Waals surface area contributed by atoms with Gasteiger partial charge in [-0.25, -0.2) is 4.79 Å². The Balaban J connectivity index is 2.03. The summed E-state index contributed by atoms with van der Waals surface area (Å²) in [6.07, 6.45) is 2.80. The number of allylic oxidation sites excluding steroid dienone is 1. The Kier molecular flexibility index (Phi) is 8.65. The summed E-state index contributed by atoms with van der Waals surface area (Å²) in [7, 11) is 2.89. The molecule has 0 spiro atoms. The highest BCUT2D eigenvalue weighted by Gasteiger charge is 2.39. The van der Waals surface area contributed by atoms with E-state index in [0.29, 0.717) is 22.0 Å². The number of methoxy groups -OCH3 is 2. The van der Waals surface area contributed by atoms with Gasteiger partial charge in [0.05, 0.1) is 22.8 Å². The minimum Gasteiger partial charge on any atom is -0.478 e. The minimum absolute atomic E-state index is 0.0435. The van der Waals surface area contributed by atoms with Gasteiger partial charge in [0.2, 0.25) is 5.91 Å². The van der Waals surface area contributed by atoms with Crippen molar-refractivity contribution in [1.29, 1.82) is 0 Å². The van der Waals surface area contributed by atoms with Gasteiger partial charge in [0, 0.05) is 31.5 Å². The molecule has 0 aromatic heterocycles. The number of carbonyl (C=O) groups excluding carboxylic acids is 1. The van der Waals surface area contributed by atoms with Crippen LogP contribution in [0.1, 0.15) is 24.0 Å². The molecule has 2 aromatic carbocycles. The largest absolute Gasteiger partial charge is 0.478 e. The molecule has 1 aliphatic heterocycles. The summed E-state index contributed by atoms with van der Waals surface area (Å²) in [5.41, 5.74) is 2.51. The molecule has 0 aliphatic carbocycles. The van der Waals surface area contributed by atoms with Gasteiger partial charge in [-0.2, -0.15) is 0 Å². The van der Waals surface area contributed by atoms with Crippen LogP contribution in [0, 0.1) is 0 Å². The molecule has 0 fully saturated rings. The fourth-order valence-electron chi connectivity index (χ4n) is 3.93. The Morgan fingerprint density at radius 1 is 1.12 bits per heavy atom. The number of ether oxygens (including phenoxy) is 2. The van der Waals surface area contributed by atoms with Crippen LogP contribution >= 0.6 is 11.6 Å². The Hall–Kier alpha value is -3.39. The number of carboxylic acids is 1. The Morgan fingerprint density at radius 2 is 1.82 bits per heavy atom. The molecule has 2 aromatic rings. The van der Waals surface area contributed by atoms with E-state index in [4.69, 9.17) is 21.1 Å². The van der Waals surface area contributed by atoms with E-state index in [1.807, 2.05) is 42.5 Å². The van der Waals surface area contributed by atoms with E-state index in [0.717, 1.165) is 5.56 Å². The van der Waals surface area contributed by atoms with Gasteiger partial charge in [0.15, 0.2) is 6.29 Å². The first-order valence-electron chi connectivity index (χ1n) is 10.6. The molecular formula is C26H27ClN2O5. The van der Waals surface area contributed by atoms with Crippen LogP contribution in [0.15, 0.2) is 83.2 Å². The second-order valence-electron chi connectivity index (χ2n) is 7.61. The number of amides is 1. The first-order valence-corrected chi connectivity index (χ1v) is 11.0. The van der Waals surface area contributed by atoms with Gasteiger partial charge in [-0.1, -0.05) is 66.2 Å². The lowest BCUT2D eigenvalue weighted by atomic mass is 9.79. The minimum atomic E-state index is -1.14. The number of benzene rings is 2. The zero-order chi connectivity index (χ0) is 24.7. The zero-order valence-electron chi connectivity index (χ0n) is 19.2. The van der Waals surface area contributed by atoms with Crippen LogP contribution in [0.4, 0.5) is 0 Å². The van der Waals surface area contributed by atoms with Gasteiger partial charge >= 0.3 is 5.97 Å². The van der Waals surface area contributed by atoms with Gasteiger partial charge in [0.1, 0.15) is 0 Å². The van der Waals surface area contributed by atoms with E-state index in [-0.39, 0.29) is 17.7 Å². The number of dihydropyridines is 1. The molecule has 7 nitrogen and oxygen atoms in total. The van der Waals surface area contributed by atoms with E-state index in [9.17, 15) is 14.7 Å². The van der Waals surface area contributed by atoms with Crippen molar-refractivity contribution in [1.82, 2.24) is 10.6 Å². The monoisotopic (exact) mass is 482 g/mol. The standard InChI is InChI=1S/C26H27ClN2O5/c1-16-20(25(31)32)21(18-12-7-13-19(27)15-18)22(23(29-16)26(33-2)34-3)24(30)28-14-8-11-17-9-5-4-6-10-17/h4-13,15,21,26,29H,14H2,1-3H3,(H,28,30)(H,31,32)/b11-8+. The third kappa shape index (κ3) is 5.75. The molecule has 8 heteroatoms. The van der Waals surface area contributed by atoms with Crippen molar-refractivity contribution in [2.24, 2.45) is 0 Å². The predicted molar refractivity (Wildman–Crippen MR) is 131 cm³/mol. The second-order valence-corrected chi connectivity index (χ2v) is 8.05. The van der Waals surface area contributed by atoms with Gasteiger partial charge in [-0.15, -0.1) is 0 Å². The Morgan fingerprint density at radius 3 is 2.44 bits per heavy atom. The lowest BCUT2D eigenvalue weighted by Crippen LogP contribution is -2.41. The van der Waals surface area contributed by atoms with Crippen LogP contribution in [0.5, 0.6) is 0 Å². The van der Waals surface area contributed by atoms with E-state index in [2.05, 4.69) is 10.6 Å². The summed E-state index contributed by atoms with van der Waals surface area (Å²) in [6.45, 7) is 1.88. The quantitative estimate of drug-likeness (QED) is 0.466. The number of halogens is 1. The van der Waals surface area contributed by atoms with E-state index in [1.54, 1.807) is 31.2 Å². The molecule has 3 rings (SSSR count). The highest BCUT2D eigenvalue weighted by atomic mass is 35.5. The number of carboxylic acid groups (broad SMARTS) is 1. The molecule has 0 bridgehead atoms. The highest BCUT2D eigenvalue weighted by Crippen LogP contribution is 2.40. The molecule has 3 N–H and O–H groups in total. The van der Waals surface area contributed by atoms with Crippen LogP contribution < -0.4 is 10.6 Å². The van der Waals surface area contributed by atoms with Crippen molar-refractivity contribution in [3.8, 4) is 0 Å². The highest BCUT2D eigenvalue weighted by molar-refractivity contribution is 6.30. The lowest BCUT2D eigenvalue weighted by Gasteiger charge is -2.33. The molecular weight excluding hydrogens is 456 g/mol. The van der Waals surface area contributed by atoms with Crippen molar-refractivity contribution in [3.63, 3.8) is 0 Å². The normalized spacial score (nSPS) is 16.2. The van der Waals surface area contributed by atoms with E-state index < -0.39 is 24.1 Å². The number of carbonyl (C=O) groups is 2. The molecule has 0 radical (unpaired) electrons. The van der Waals surface area contributed by atoms with Crippen molar-refractivity contribution in [3.05, 3.63) is 99.4 Å². The average molecular weight is 483 g/mol. The van der Waals surface area contributed by atoms with Crippen LogP contribution in [0.2, 0.25) is 5.02 Å². The zero-order valence-corrected chi connectivity index (χ0v) is 19.9. The summed E-state index contributed by atoms with van der Waals surface area (Å²) in [5.74, 6) is -2.48. The maximum absolute atomic E-state index is 13.5. The van der Waals surface area contributed by atoms with E-state index >= 15 is 0 Å². The molecule has 178 valence electrons. The SMILES string of the molecule is COC(OC)C1=C(C(=O)NC/C=C/c2ccccc2)C(c2cccc(Cl)c2)C(C(=O)O)=C(C)N1. The Bertz CT molecular complexity index is 1140. The number of nitrogens with one attached hydrogen (secondary N) is 2. The Labute approximate surface area is 203 Å². The molecule has 1 aliphatic rings. The maximum atomic E-state index is 13.5. The van der Waals surface area contributed by atoms with Crippen LogP contribution in [0.3, 0.4) is 0 Å². The summed E-state index contributed by atoms with van der Waals surface area (Å²) in [6, 6.07) is 16.5. The van der Waals surface area contributed by atoms with Crippen molar-refractivity contribution >= 4 is 29.6 Å². The van der Waals surface area contributed by atoms with Gasteiger partial charge in [-0.3, -0.25) is 4.79 Å². The fourth-order valence-corrected chi connectivity index (χ4v) is 4.13. The van der Waals surface area contributed by atoms with Crippen LogP contribution in [-0.2, 0) is 19.1 Å². The predicted octanol–water partition coefficient (Wildman–Crippen LogP) is 4.09. The lowest BCUT2D eigenvalue weighted by molar-refractivity contribution is -0.133. The molecule has 1 amide bonds. The van der Waals surface area contributed by atoms with Crippen LogP contribution in [0.25, 0.3) is 6.08 Å². The summed E-state index contributed by atoms with van der Waals surface area (Å²) < 4.78 is 10.8. The number of hydrogen-bond acceptors (Lipinski definition) is 5. The van der Waals surface area contributed by atoms with Crippen LogP contribution in [-0.4, -0.2) is 44.0 Å². The van der Waals surface area contributed by atoms with Crippen molar-refractivity contribution < 1.29 is 24.2 Å². The molecule has 0 saturated heterocycles. The number of rotatable bonds is 9. The second kappa shape index (κ2) is 11.7. The number of hydrogen-bond donors (Lipinski definition) is 3. The third-order valence-electron chi connectivity index (χ3n) is 5.40.